The van der Waals surface area contributed by atoms with Gasteiger partial charge in [-0.25, -0.2) is 0 Å². The second-order valence-corrected chi connectivity index (χ2v) is 4.94. The summed E-state index contributed by atoms with van der Waals surface area (Å²) in [6.07, 6.45) is 4.60. The summed E-state index contributed by atoms with van der Waals surface area (Å²) in [6.45, 7) is 0. The molecule has 1 aromatic heterocycles. The molecule has 2 aromatic carbocycles. The maximum atomic E-state index is 12.1. The van der Waals surface area contributed by atoms with Gasteiger partial charge < -0.3 is 0 Å². The highest BCUT2D eigenvalue weighted by Crippen LogP contribution is 2.05. The van der Waals surface area contributed by atoms with Crippen LogP contribution in [0.1, 0.15) is 15.9 Å². The van der Waals surface area contributed by atoms with E-state index in [1.165, 1.54) is 16.8 Å². The lowest BCUT2D eigenvalue weighted by atomic mass is 10.1. The number of carbonyl (C=O) groups is 1. The van der Waals surface area contributed by atoms with Crippen LogP contribution in [0.25, 0.3) is 11.8 Å². The Hall–Kier alpha value is -3.27. The molecule has 0 radical (unpaired) electrons. The largest absolute Gasteiger partial charge is 0.289 e. The molecule has 1 heterocycles. The number of nitrogens with zero attached hydrogens (tertiary/aromatic N) is 2. The summed E-state index contributed by atoms with van der Waals surface area (Å²) in [5.74, 6) is -0.113. The van der Waals surface area contributed by atoms with Crippen molar-refractivity contribution in [2.45, 2.75) is 0 Å². The smallest absolute Gasteiger partial charge is 0.272 e. The fraction of sp³-hybridized carbons (Fsp3) is 0. The van der Waals surface area contributed by atoms with Crippen LogP contribution in [0, 0.1) is 0 Å². The molecule has 0 aliphatic heterocycles. The lowest BCUT2D eigenvalue weighted by Crippen LogP contribution is -2.20. The van der Waals surface area contributed by atoms with Crippen LogP contribution in [0.3, 0.4) is 0 Å². The standard InChI is InChI=1S/C19H14N2O2/c22-18(16-7-3-1-4-8-16)12-11-15-13-19(23)21(20-14-15)17-9-5-2-6-10-17/h1-14H/b12-11+. The Morgan fingerprint density at radius 2 is 1.61 bits per heavy atom. The minimum absolute atomic E-state index is 0.113. The maximum absolute atomic E-state index is 12.1. The van der Waals surface area contributed by atoms with E-state index in [0.717, 1.165) is 0 Å². The summed E-state index contributed by atoms with van der Waals surface area (Å²) in [5, 5.41) is 4.14. The number of hydrogen-bond donors (Lipinski definition) is 0. The summed E-state index contributed by atoms with van der Waals surface area (Å²) < 4.78 is 1.32. The zero-order valence-electron chi connectivity index (χ0n) is 12.3. The zero-order chi connectivity index (χ0) is 16.1. The first-order valence-corrected chi connectivity index (χ1v) is 7.16. The van der Waals surface area contributed by atoms with Crippen LogP contribution < -0.4 is 5.56 Å². The number of aromatic nitrogens is 2. The molecule has 0 N–H and O–H groups in total. The van der Waals surface area contributed by atoms with Crippen LogP contribution in [0.5, 0.6) is 0 Å². The number of allylic oxidation sites excluding steroid dienone is 1. The molecule has 0 atom stereocenters. The molecule has 112 valence electrons. The SMILES string of the molecule is O=C(/C=C/c1cnn(-c2ccccc2)c(=O)c1)c1ccccc1. The van der Waals surface area contributed by atoms with Gasteiger partial charge in [0.25, 0.3) is 5.56 Å². The van der Waals surface area contributed by atoms with Gasteiger partial charge in [0.05, 0.1) is 11.9 Å². The summed E-state index contributed by atoms with van der Waals surface area (Å²) in [5.41, 5.74) is 1.65. The minimum Gasteiger partial charge on any atom is -0.289 e. The average molecular weight is 302 g/mol. The van der Waals surface area contributed by atoms with Gasteiger partial charge in [-0.3, -0.25) is 9.59 Å². The molecule has 0 saturated heterocycles. The molecule has 0 unspecified atom stereocenters. The Bertz CT molecular complexity index is 897. The number of hydrogen-bond acceptors (Lipinski definition) is 3. The van der Waals surface area contributed by atoms with E-state index in [9.17, 15) is 9.59 Å². The van der Waals surface area contributed by atoms with Gasteiger partial charge in [-0.15, -0.1) is 0 Å². The Kier molecular flexibility index (Phi) is 4.25. The van der Waals surface area contributed by atoms with E-state index in [1.54, 1.807) is 24.4 Å². The van der Waals surface area contributed by atoms with Gasteiger partial charge >= 0.3 is 0 Å². The molecule has 0 amide bonds. The number of ketones is 1. The summed E-state index contributed by atoms with van der Waals surface area (Å²) in [4.78, 5) is 24.1. The van der Waals surface area contributed by atoms with E-state index in [0.29, 0.717) is 16.8 Å². The van der Waals surface area contributed by atoms with Gasteiger partial charge in [-0.2, -0.15) is 9.78 Å². The van der Waals surface area contributed by atoms with Gasteiger partial charge in [0.1, 0.15) is 0 Å². The van der Waals surface area contributed by atoms with Crippen molar-refractivity contribution in [1.29, 1.82) is 0 Å². The van der Waals surface area contributed by atoms with Gasteiger partial charge in [0.15, 0.2) is 5.78 Å². The molecule has 0 fully saturated rings. The normalized spacial score (nSPS) is 10.8. The highest BCUT2D eigenvalue weighted by Gasteiger charge is 2.02. The molecule has 23 heavy (non-hydrogen) atoms. The fourth-order valence-electron chi connectivity index (χ4n) is 2.15. The molecule has 4 heteroatoms. The van der Waals surface area contributed by atoms with Crippen LogP contribution in [-0.4, -0.2) is 15.6 Å². The van der Waals surface area contributed by atoms with E-state index in [1.807, 2.05) is 48.5 Å². The van der Waals surface area contributed by atoms with Crippen LogP contribution in [-0.2, 0) is 0 Å². The molecule has 0 bridgehead atoms. The molecule has 0 aliphatic rings. The van der Waals surface area contributed by atoms with Crippen molar-refractivity contribution in [2.75, 3.05) is 0 Å². The Balaban J connectivity index is 1.83. The molecular weight excluding hydrogens is 288 g/mol. The average Bonchev–Trinajstić information content (AvgIpc) is 2.61. The van der Waals surface area contributed by atoms with Crippen molar-refractivity contribution in [1.82, 2.24) is 9.78 Å². The van der Waals surface area contributed by atoms with Crippen molar-refractivity contribution in [3.8, 4) is 5.69 Å². The van der Waals surface area contributed by atoms with Gasteiger partial charge in [-0.05, 0) is 24.3 Å². The van der Waals surface area contributed by atoms with Crippen molar-refractivity contribution in [2.24, 2.45) is 0 Å². The first-order valence-electron chi connectivity index (χ1n) is 7.16. The third kappa shape index (κ3) is 3.49. The van der Waals surface area contributed by atoms with Gasteiger partial charge in [0, 0.05) is 17.2 Å². The highest BCUT2D eigenvalue weighted by molar-refractivity contribution is 6.06. The maximum Gasteiger partial charge on any atom is 0.272 e. The van der Waals surface area contributed by atoms with Crippen molar-refractivity contribution < 1.29 is 4.79 Å². The monoisotopic (exact) mass is 302 g/mol. The fourth-order valence-corrected chi connectivity index (χ4v) is 2.15. The van der Waals surface area contributed by atoms with Crippen molar-refractivity contribution in [3.63, 3.8) is 0 Å². The Labute approximate surface area is 133 Å². The van der Waals surface area contributed by atoms with Crippen LogP contribution in [0.4, 0.5) is 0 Å². The number of para-hydroxylation sites is 1. The summed E-state index contributed by atoms with van der Waals surface area (Å²) >= 11 is 0. The molecule has 0 saturated carbocycles. The third-order valence-electron chi connectivity index (χ3n) is 3.31. The molecular formula is C19H14N2O2. The van der Waals surface area contributed by atoms with Crippen LogP contribution in [0.2, 0.25) is 0 Å². The molecule has 0 aliphatic carbocycles. The van der Waals surface area contributed by atoms with Gasteiger partial charge in [0.2, 0.25) is 0 Å². The van der Waals surface area contributed by atoms with E-state index >= 15 is 0 Å². The van der Waals surface area contributed by atoms with E-state index in [4.69, 9.17) is 0 Å². The quantitative estimate of drug-likeness (QED) is 0.549. The zero-order valence-corrected chi connectivity index (χ0v) is 12.3. The minimum atomic E-state index is -0.245. The molecule has 4 nitrogen and oxygen atoms in total. The van der Waals surface area contributed by atoms with Crippen LogP contribution in [0.15, 0.2) is 83.8 Å². The van der Waals surface area contributed by atoms with E-state index in [-0.39, 0.29) is 11.3 Å². The highest BCUT2D eigenvalue weighted by atomic mass is 16.1. The molecule has 3 rings (SSSR count). The van der Waals surface area contributed by atoms with Crippen molar-refractivity contribution in [3.05, 3.63) is 100 Å². The summed E-state index contributed by atoms with van der Waals surface area (Å²) in [7, 11) is 0. The topological polar surface area (TPSA) is 52.0 Å². The summed E-state index contributed by atoms with van der Waals surface area (Å²) in [6, 6.07) is 19.6. The van der Waals surface area contributed by atoms with Crippen molar-refractivity contribution >= 4 is 11.9 Å². The van der Waals surface area contributed by atoms with E-state index < -0.39 is 0 Å². The van der Waals surface area contributed by atoms with Gasteiger partial charge in [-0.1, -0.05) is 48.5 Å². The molecule has 0 spiro atoms. The second kappa shape index (κ2) is 6.66. The predicted octanol–water partition coefficient (Wildman–Crippen LogP) is 3.13. The Morgan fingerprint density at radius 3 is 2.26 bits per heavy atom. The second-order valence-electron chi connectivity index (χ2n) is 4.94. The molecule has 3 aromatic rings. The van der Waals surface area contributed by atoms with E-state index in [2.05, 4.69) is 5.10 Å². The lowest BCUT2D eigenvalue weighted by molar-refractivity contribution is 0.104. The van der Waals surface area contributed by atoms with Crippen LogP contribution >= 0.6 is 0 Å². The third-order valence-corrected chi connectivity index (χ3v) is 3.31. The number of carbonyl (C=O) groups excluding carboxylic acids is 1. The number of rotatable bonds is 4. The first-order chi connectivity index (χ1) is 11.2. The predicted molar refractivity (Wildman–Crippen MR) is 89.6 cm³/mol. The number of benzene rings is 2. The lowest BCUT2D eigenvalue weighted by Gasteiger charge is -2.03. The first kappa shape index (κ1) is 14.7. The Morgan fingerprint density at radius 1 is 0.957 bits per heavy atom.